The first-order valence-electron chi connectivity index (χ1n) is 6.23. The first-order chi connectivity index (χ1) is 9.70. The summed E-state index contributed by atoms with van der Waals surface area (Å²) in [6.45, 7) is 1.91. The first kappa shape index (κ1) is 15.7. The van der Waals surface area contributed by atoms with Crippen molar-refractivity contribution in [2.24, 2.45) is 5.14 Å². The molecule has 2 aliphatic heterocycles. The maximum atomic E-state index is 12.1. The number of carbonyl (C=O) groups is 2. The van der Waals surface area contributed by atoms with Crippen molar-refractivity contribution in [3.63, 3.8) is 0 Å². The third kappa shape index (κ3) is 3.32. The highest BCUT2D eigenvalue weighted by Gasteiger charge is 2.46. The van der Waals surface area contributed by atoms with E-state index in [0.717, 1.165) is 0 Å². The van der Waals surface area contributed by atoms with E-state index in [1.165, 1.54) is 4.90 Å². The molecule has 2 bridgehead atoms. The van der Waals surface area contributed by atoms with Crippen molar-refractivity contribution in [1.82, 2.24) is 20.0 Å². The Bertz CT molecular complexity index is 589. The van der Waals surface area contributed by atoms with Crippen molar-refractivity contribution in [1.29, 1.82) is 0 Å². The van der Waals surface area contributed by atoms with Gasteiger partial charge in [-0.15, -0.1) is 0 Å². The number of hydrogen-bond acceptors (Lipinski definition) is 5. The average Bonchev–Trinajstić information content (AvgIpc) is 2.59. The van der Waals surface area contributed by atoms with Crippen molar-refractivity contribution in [3.05, 3.63) is 11.6 Å². The number of nitrogens with two attached hydrogens (primary N) is 1. The Morgan fingerprint density at radius 1 is 1.52 bits per heavy atom. The molecule has 2 rings (SSSR count). The minimum Gasteiger partial charge on any atom is -0.353 e. The standard InChI is InChI=1S/C10H17N5O5S/c1-6-4-7-5-14(10(17)15(7)18)8(6)9(16)12-2-3-13-21(11,19)20/h4,7-8,13,18H,2-3,5H2,1H3,(H,12,16)(H2,11,19,20)/t7-,8-/m0/s1. The maximum absolute atomic E-state index is 12.1. The van der Waals surface area contributed by atoms with Crippen LogP contribution in [0.15, 0.2) is 11.6 Å². The summed E-state index contributed by atoms with van der Waals surface area (Å²) in [6.07, 6.45) is 1.66. The van der Waals surface area contributed by atoms with Gasteiger partial charge >= 0.3 is 6.03 Å². The van der Waals surface area contributed by atoms with Crippen LogP contribution in [0.25, 0.3) is 0 Å². The fourth-order valence-electron chi connectivity index (χ4n) is 2.43. The first-order valence-corrected chi connectivity index (χ1v) is 7.77. The van der Waals surface area contributed by atoms with E-state index in [9.17, 15) is 23.2 Å². The second-order valence-corrected chi connectivity index (χ2v) is 6.27. The van der Waals surface area contributed by atoms with Gasteiger partial charge < -0.3 is 10.2 Å². The van der Waals surface area contributed by atoms with Crippen molar-refractivity contribution in [3.8, 4) is 0 Å². The van der Waals surface area contributed by atoms with Crippen LogP contribution < -0.4 is 15.2 Å². The van der Waals surface area contributed by atoms with Gasteiger partial charge in [0.05, 0.1) is 12.6 Å². The average molecular weight is 319 g/mol. The third-order valence-electron chi connectivity index (χ3n) is 3.31. The van der Waals surface area contributed by atoms with Crippen LogP contribution >= 0.6 is 0 Å². The summed E-state index contributed by atoms with van der Waals surface area (Å²) in [4.78, 5) is 25.2. The van der Waals surface area contributed by atoms with E-state index >= 15 is 0 Å². The zero-order chi connectivity index (χ0) is 15.8. The maximum Gasteiger partial charge on any atom is 0.345 e. The van der Waals surface area contributed by atoms with Crippen molar-refractivity contribution < 1.29 is 23.2 Å². The van der Waals surface area contributed by atoms with Gasteiger partial charge in [0.25, 0.3) is 10.2 Å². The molecule has 0 aromatic heterocycles. The number of carbonyl (C=O) groups excluding carboxylic acids is 2. The monoisotopic (exact) mass is 319 g/mol. The lowest BCUT2D eigenvalue weighted by atomic mass is 10.00. The van der Waals surface area contributed by atoms with Crippen LogP contribution in [0.1, 0.15) is 6.92 Å². The Balaban J connectivity index is 1.95. The lowest BCUT2D eigenvalue weighted by Crippen LogP contribution is -2.51. The number of nitrogens with one attached hydrogen (secondary N) is 2. The summed E-state index contributed by atoms with van der Waals surface area (Å²) >= 11 is 0. The smallest absolute Gasteiger partial charge is 0.345 e. The molecule has 0 unspecified atom stereocenters. The normalized spacial score (nSPS) is 25.1. The second-order valence-electron chi connectivity index (χ2n) is 4.89. The summed E-state index contributed by atoms with van der Waals surface area (Å²) in [6, 6.07) is -1.87. The zero-order valence-electron chi connectivity index (χ0n) is 11.3. The fourth-order valence-corrected chi connectivity index (χ4v) is 2.82. The van der Waals surface area contributed by atoms with Crippen molar-refractivity contribution in [2.75, 3.05) is 19.6 Å². The number of hydroxylamine groups is 2. The van der Waals surface area contributed by atoms with Gasteiger partial charge in [0.1, 0.15) is 6.04 Å². The highest BCUT2D eigenvalue weighted by Crippen LogP contribution is 2.27. The predicted octanol–water partition coefficient (Wildman–Crippen LogP) is -2.28. The summed E-state index contributed by atoms with van der Waals surface area (Å²) in [5.41, 5.74) is 0.646. The van der Waals surface area contributed by atoms with Crippen molar-refractivity contribution >= 4 is 22.1 Å². The van der Waals surface area contributed by atoms with Gasteiger partial charge in [-0.3, -0.25) is 10.0 Å². The molecular formula is C10H17N5O5S. The quantitative estimate of drug-likeness (QED) is 0.256. The van der Waals surface area contributed by atoms with Crippen LogP contribution in [0.3, 0.4) is 0 Å². The predicted molar refractivity (Wildman–Crippen MR) is 71.2 cm³/mol. The SMILES string of the molecule is CC1=C[C@H]2CN(C(=O)N2O)[C@@H]1C(=O)NCCNS(N)(=O)=O. The molecule has 5 N–H and O–H groups in total. The van der Waals surface area contributed by atoms with Gasteiger partial charge in [-0.2, -0.15) is 13.5 Å². The molecule has 0 spiro atoms. The highest BCUT2D eigenvalue weighted by atomic mass is 32.2. The number of urea groups is 1. The summed E-state index contributed by atoms with van der Waals surface area (Å²) in [5.74, 6) is -0.443. The Hall–Kier alpha value is -1.69. The molecule has 0 aromatic carbocycles. The van der Waals surface area contributed by atoms with E-state index in [2.05, 4.69) is 5.32 Å². The number of nitrogens with zero attached hydrogens (tertiary/aromatic N) is 2. The van der Waals surface area contributed by atoms with E-state index < -0.39 is 34.2 Å². The van der Waals surface area contributed by atoms with Gasteiger partial charge in [0.2, 0.25) is 5.91 Å². The molecule has 2 aliphatic rings. The molecule has 10 nitrogen and oxygen atoms in total. The zero-order valence-corrected chi connectivity index (χ0v) is 12.1. The largest absolute Gasteiger partial charge is 0.353 e. The summed E-state index contributed by atoms with van der Waals surface area (Å²) < 4.78 is 23.4. The molecule has 0 radical (unpaired) electrons. The van der Waals surface area contributed by atoms with E-state index in [1.807, 2.05) is 4.72 Å². The van der Waals surface area contributed by atoms with Crippen LogP contribution in [-0.4, -0.2) is 67.2 Å². The molecule has 3 amide bonds. The van der Waals surface area contributed by atoms with Crippen LogP contribution in [-0.2, 0) is 15.0 Å². The summed E-state index contributed by atoms with van der Waals surface area (Å²) in [5, 5.41) is 17.4. The highest BCUT2D eigenvalue weighted by molar-refractivity contribution is 7.87. The number of hydrogen-bond donors (Lipinski definition) is 4. The molecule has 21 heavy (non-hydrogen) atoms. The fraction of sp³-hybridized carbons (Fsp3) is 0.600. The van der Waals surface area contributed by atoms with E-state index in [-0.39, 0.29) is 19.6 Å². The molecule has 2 heterocycles. The van der Waals surface area contributed by atoms with Gasteiger partial charge in [0.15, 0.2) is 0 Å². The van der Waals surface area contributed by atoms with Gasteiger partial charge in [-0.1, -0.05) is 6.08 Å². The minimum absolute atomic E-state index is 0.0351. The topological polar surface area (TPSA) is 145 Å². The number of fused-ring (bicyclic) bond motifs is 2. The lowest BCUT2D eigenvalue weighted by molar-refractivity contribution is -0.124. The molecule has 2 atom stereocenters. The van der Waals surface area contributed by atoms with Crippen LogP contribution in [0.2, 0.25) is 0 Å². The van der Waals surface area contributed by atoms with Crippen LogP contribution in [0, 0.1) is 0 Å². The number of rotatable bonds is 5. The van der Waals surface area contributed by atoms with Crippen LogP contribution in [0.5, 0.6) is 0 Å². The third-order valence-corrected chi connectivity index (χ3v) is 3.92. The van der Waals surface area contributed by atoms with Gasteiger partial charge in [0, 0.05) is 13.1 Å². The molecule has 0 aromatic rings. The summed E-state index contributed by atoms with van der Waals surface area (Å²) in [7, 11) is -3.80. The molecule has 1 saturated heterocycles. The lowest BCUT2D eigenvalue weighted by Gasteiger charge is -2.29. The molecule has 118 valence electrons. The minimum atomic E-state index is -3.80. The van der Waals surface area contributed by atoms with Crippen LogP contribution in [0.4, 0.5) is 4.79 Å². The van der Waals surface area contributed by atoms with E-state index in [1.54, 1.807) is 13.0 Å². The molecular weight excluding hydrogens is 302 g/mol. The Labute approximate surface area is 121 Å². The van der Waals surface area contributed by atoms with Gasteiger partial charge in [-0.05, 0) is 12.5 Å². The molecule has 11 heteroatoms. The molecule has 0 aliphatic carbocycles. The Morgan fingerprint density at radius 2 is 2.19 bits per heavy atom. The molecule has 0 saturated carbocycles. The van der Waals surface area contributed by atoms with E-state index in [4.69, 9.17) is 5.14 Å². The Morgan fingerprint density at radius 3 is 2.81 bits per heavy atom. The molecule has 1 fully saturated rings. The number of amides is 3. The van der Waals surface area contributed by atoms with Crippen molar-refractivity contribution in [2.45, 2.75) is 19.0 Å². The van der Waals surface area contributed by atoms with Gasteiger partial charge in [-0.25, -0.2) is 14.7 Å². The Kier molecular flexibility index (Phi) is 4.18. The second kappa shape index (κ2) is 5.60. The van der Waals surface area contributed by atoms with E-state index in [0.29, 0.717) is 10.6 Å².